The fraction of sp³-hybridized carbons (Fsp3) is 0.857. The van der Waals surface area contributed by atoms with Crippen LogP contribution in [-0.4, -0.2) is 49.1 Å². The van der Waals surface area contributed by atoms with Crippen LogP contribution in [-0.2, 0) is 14.3 Å². The number of hydrogen-bond acceptors (Lipinski definition) is 4. The summed E-state index contributed by atoms with van der Waals surface area (Å²) >= 11 is 0. The van der Waals surface area contributed by atoms with Gasteiger partial charge in [0.2, 0.25) is 5.91 Å². The van der Waals surface area contributed by atoms with E-state index in [-0.39, 0.29) is 17.8 Å². The molecule has 1 unspecified atom stereocenters. The minimum atomic E-state index is -0.0785. The lowest BCUT2D eigenvalue weighted by Crippen LogP contribution is -2.45. The third-order valence-corrected chi connectivity index (χ3v) is 4.05. The molecule has 1 N–H and O–H groups in total. The Kier molecular flexibility index (Phi) is 5.19. The maximum absolute atomic E-state index is 11.8. The van der Waals surface area contributed by atoms with Crippen LogP contribution in [0.25, 0.3) is 0 Å². The summed E-state index contributed by atoms with van der Waals surface area (Å²) in [7, 11) is 0. The summed E-state index contributed by atoms with van der Waals surface area (Å²) < 4.78 is 5.12. The Morgan fingerprint density at radius 2 is 2.26 bits per heavy atom. The fourth-order valence-corrected chi connectivity index (χ4v) is 3.06. The molecule has 19 heavy (non-hydrogen) atoms. The predicted molar refractivity (Wildman–Crippen MR) is 71.6 cm³/mol. The van der Waals surface area contributed by atoms with Gasteiger partial charge in [-0.25, -0.2) is 0 Å². The molecule has 2 fully saturated rings. The summed E-state index contributed by atoms with van der Waals surface area (Å²) in [5.41, 5.74) is 0. The lowest BCUT2D eigenvalue weighted by atomic mass is 9.95. The second kappa shape index (κ2) is 6.89. The number of nitrogens with one attached hydrogen (secondary N) is 1. The predicted octanol–water partition coefficient (Wildman–Crippen LogP) is 0.930. The Bertz CT molecular complexity index is 333. The van der Waals surface area contributed by atoms with E-state index < -0.39 is 0 Å². The first-order valence-electron chi connectivity index (χ1n) is 7.38. The lowest BCUT2D eigenvalue weighted by Gasteiger charge is -2.36. The Balaban J connectivity index is 1.92. The Hall–Kier alpha value is -1.10. The largest absolute Gasteiger partial charge is 0.466 e. The molecule has 0 aliphatic carbocycles. The quantitative estimate of drug-likeness (QED) is 0.774. The van der Waals surface area contributed by atoms with E-state index in [9.17, 15) is 9.59 Å². The molecule has 2 atom stereocenters. The van der Waals surface area contributed by atoms with E-state index in [2.05, 4.69) is 10.2 Å². The number of carbonyl (C=O) groups is 2. The molecule has 0 aromatic rings. The summed E-state index contributed by atoms with van der Waals surface area (Å²) in [5, 5.41) is 2.91. The van der Waals surface area contributed by atoms with Gasteiger partial charge in [-0.2, -0.15) is 0 Å². The highest BCUT2D eigenvalue weighted by Crippen LogP contribution is 2.23. The first-order chi connectivity index (χ1) is 9.20. The van der Waals surface area contributed by atoms with Crippen LogP contribution < -0.4 is 5.32 Å². The van der Waals surface area contributed by atoms with Crippen LogP contribution in [0.2, 0.25) is 0 Å². The number of esters is 1. The molecule has 2 saturated heterocycles. The monoisotopic (exact) mass is 268 g/mol. The first kappa shape index (κ1) is 14.3. The van der Waals surface area contributed by atoms with Crippen molar-refractivity contribution in [3.63, 3.8) is 0 Å². The molecule has 2 rings (SSSR count). The molecule has 108 valence electrons. The van der Waals surface area contributed by atoms with E-state index in [0.29, 0.717) is 19.1 Å². The van der Waals surface area contributed by atoms with E-state index in [4.69, 9.17) is 4.74 Å². The van der Waals surface area contributed by atoms with E-state index >= 15 is 0 Å². The van der Waals surface area contributed by atoms with Crippen LogP contribution in [0.5, 0.6) is 0 Å². The molecular weight excluding hydrogens is 244 g/mol. The zero-order chi connectivity index (χ0) is 13.7. The van der Waals surface area contributed by atoms with E-state index in [1.165, 1.54) is 0 Å². The van der Waals surface area contributed by atoms with Gasteiger partial charge in [0.05, 0.1) is 12.5 Å². The first-order valence-corrected chi connectivity index (χ1v) is 7.38. The van der Waals surface area contributed by atoms with Crippen molar-refractivity contribution >= 4 is 11.9 Å². The van der Waals surface area contributed by atoms with Crippen LogP contribution in [0.1, 0.15) is 39.0 Å². The van der Waals surface area contributed by atoms with Gasteiger partial charge in [0, 0.05) is 25.6 Å². The number of ether oxygens (including phenoxy) is 1. The van der Waals surface area contributed by atoms with E-state index in [0.717, 1.165) is 45.3 Å². The van der Waals surface area contributed by atoms with Crippen molar-refractivity contribution in [2.75, 3.05) is 26.2 Å². The molecule has 0 bridgehead atoms. The van der Waals surface area contributed by atoms with Crippen LogP contribution >= 0.6 is 0 Å². The van der Waals surface area contributed by atoms with Crippen molar-refractivity contribution in [3.05, 3.63) is 0 Å². The van der Waals surface area contributed by atoms with Crippen molar-refractivity contribution in [2.24, 2.45) is 5.92 Å². The van der Waals surface area contributed by atoms with Gasteiger partial charge in [-0.3, -0.25) is 14.5 Å². The molecule has 5 heteroatoms. The van der Waals surface area contributed by atoms with Crippen LogP contribution in [0.3, 0.4) is 0 Å². The molecule has 2 heterocycles. The van der Waals surface area contributed by atoms with Gasteiger partial charge in [0.25, 0.3) is 0 Å². The number of rotatable bonds is 3. The van der Waals surface area contributed by atoms with E-state index in [1.54, 1.807) is 0 Å². The normalized spacial score (nSPS) is 29.4. The van der Waals surface area contributed by atoms with Gasteiger partial charge in [-0.15, -0.1) is 0 Å². The fourth-order valence-electron chi connectivity index (χ4n) is 3.06. The van der Waals surface area contributed by atoms with Gasteiger partial charge in [-0.1, -0.05) is 0 Å². The number of piperidine rings is 1. The highest BCUT2D eigenvalue weighted by Gasteiger charge is 2.31. The van der Waals surface area contributed by atoms with Gasteiger partial charge in [0.15, 0.2) is 0 Å². The zero-order valence-electron chi connectivity index (χ0n) is 11.7. The van der Waals surface area contributed by atoms with Crippen molar-refractivity contribution in [1.29, 1.82) is 0 Å². The lowest BCUT2D eigenvalue weighted by molar-refractivity contribution is -0.150. The molecule has 5 nitrogen and oxygen atoms in total. The number of nitrogens with zero attached hydrogens (tertiary/aromatic N) is 1. The van der Waals surface area contributed by atoms with Crippen molar-refractivity contribution in [1.82, 2.24) is 10.2 Å². The maximum Gasteiger partial charge on any atom is 0.310 e. The van der Waals surface area contributed by atoms with Crippen molar-refractivity contribution in [2.45, 2.75) is 45.1 Å². The molecule has 1 amide bonds. The summed E-state index contributed by atoms with van der Waals surface area (Å²) in [5.74, 6) is 0.0473. The molecule has 2 aliphatic heterocycles. The van der Waals surface area contributed by atoms with Gasteiger partial charge < -0.3 is 10.1 Å². The van der Waals surface area contributed by atoms with Crippen LogP contribution in [0.4, 0.5) is 0 Å². The molecular formula is C14H24N2O3. The van der Waals surface area contributed by atoms with Gasteiger partial charge >= 0.3 is 5.97 Å². The topological polar surface area (TPSA) is 58.6 Å². The van der Waals surface area contributed by atoms with Crippen LogP contribution in [0.15, 0.2) is 0 Å². The molecule has 0 saturated carbocycles. The highest BCUT2D eigenvalue weighted by atomic mass is 16.5. The SMILES string of the molecule is CCOC(=O)[C@H]1CCCN(C2CCCNC(=O)C2)C1. The minimum Gasteiger partial charge on any atom is -0.466 e. The van der Waals surface area contributed by atoms with E-state index in [1.807, 2.05) is 6.92 Å². The maximum atomic E-state index is 11.8. The number of amides is 1. The molecule has 0 aromatic carbocycles. The summed E-state index contributed by atoms with van der Waals surface area (Å²) in [6.07, 6.45) is 4.55. The molecule has 2 aliphatic rings. The van der Waals surface area contributed by atoms with Crippen LogP contribution in [0, 0.1) is 5.92 Å². The highest BCUT2D eigenvalue weighted by molar-refractivity contribution is 5.77. The number of likely N-dealkylation sites (tertiary alicyclic amines) is 1. The Morgan fingerprint density at radius 1 is 1.42 bits per heavy atom. The molecule has 0 radical (unpaired) electrons. The molecule has 0 spiro atoms. The standard InChI is InChI=1S/C14H24N2O3/c1-2-19-14(18)11-5-4-8-16(10-11)12-6-3-7-15-13(17)9-12/h11-12H,2-10H2,1H3,(H,15,17)/t11-,12?/m0/s1. The average Bonchev–Trinajstić information content (AvgIpc) is 2.64. The zero-order valence-corrected chi connectivity index (χ0v) is 11.7. The number of carbonyl (C=O) groups excluding carboxylic acids is 2. The Labute approximate surface area is 114 Å². The summed E-state index contributed by atoms with van der Waals surface area (Å²) in [6.45, 7) is 4.81. The second-order valence-electron chi connectivity index (χ2n) is 5.44. The third-order valence-electron chi connectivity index (χ3n) is 4.05. The Morgan fingerprint density at radius 3 is 3.05 bits per heavy atom. The second-order valence-corrected chi connectivity index (χ2v) is 5.44. The third kappa shape index (κ3) is 3.93. The van der Waals surface area contributed by atoms with Crippen molar-refractivity contribution < 1.29 is 14.3 Å². The number of hydrogen-bond donors (Lipinski definition) is 1. The summed E-state index contributed by atoms with van der Waals surface area (Å²) in [4.78, 5) is 25.8. The van der Waals surface area contributed by atoms with Crippen molar-refractivity contribution in [3.8, 4) is 0 Å². The average molecular weight is 268 g/mol. The van der Waals surface area contributed by atoms with Gasteiger partial charge in [-0.05, 0) is 39.2 Å². The smallest absolute Gasteiger partial charge is 0.310 e. The molecule has 0 aromatic heterocycles. The van der Waals surface area contributed by atoms with Gasteiger partial charge in [0.1, 0.15) is 0 Å². The minimum absolute atomic E-state index is 0.0139. The summed E-state index contributed by atoms with van der Waals surface area (Å²) in [6, 6.07) is 0.291.